The van der Waals surface area contributed by atoms with Crippen molar-refractivity contribution in [3.63, 3.8) is 0 Å². The predicted molar refractivity (Wildman–Crippen MR) is 95.5 cm³/mol. The van der Waals surface area contributed by atoms with Gasteiger partial charge in [-0.1, -0.05) is 25.9 Å². The zero-order valence-corrected chi connectivity index (χ0v) is 15.2. The molecule has 0 fully saturated rings. The minimum absolute atomic E-state index is 0.197. The number of aromatic nitrogens is 4. The van der Waals surface area contributed by atoms with Gasteiger partial charge in [-0.15, -0.1) is 0 Å². The van der Waals surface area contributed by atoms with Gasteiger partial charge in [0.05, 0.1) is 16.9 Å². The molecule has 2 heterocycles. The molecule has 0 bridgehead atoms. The van der Waals surface area contributed by atoms with Crippen LogP contribution in [0.4, 0.5) is 5.88 Å². The number of esters is 1. The fourth-order valence-electron chi connectivity index (χ4n) is 2.17. The molecule has 0 aliphatic rings. The first-order valence-corrected chi connectivity index (χ1v) is 8.22. The highest BCUT2D eigenvalue weighted by Gasteiger charge is 2.20. The standard InChI is InChI=1S/C18H19N5O4/c1-18(2,3)14-8-16(27-22-14)21-15(24)9-26-17(25)12-4-6-13(7-5-12)23-11-19-10-20-23/h4-8,10-11H,9H2,1-3H3,(H,21,24). The van der Waals surface area contributed by atoms with E-state index in [0.717, 1.165) is 5.69 Å². The first-order chi connectivity index (χ1) is 12.8. The van der Waals surface area contributed by atoms with Crippen molar-refractivity contribution in [3.05, 3.63) is 54.2 Å². The molecule has 9 heteroatoms. The summed E-state index contributed by atoms with van der Waals surface area (Å²) in [6.07, 6.45) is 2.96. The van der Waals surface area contributed by atoms with Crippen LogP contribution < -0.4 is 5.32 Å². The third-order valence-corrected chi connectivity index (χ3v) is 3.66. The molecule has 1 aromatic carbocycles. The summed E-state index contributed by atoms with van der Waals surface area (Å²) in [6, 6.07) is 8.22. The van der Waals surface area contributed by atoms with E-state index in [0.29, 0.717) is 11.3 Å². The summed E-state index contributed by atoms with van der Waals surface area (Å²) in [5, 5.41) is 10.4. The van der Waals surface area contributed by atoms with Gasteiger partial charge in [0, 0.05) is 11.5 Å². The van der Waals surface area contributed by atoms with E-state index < -0.39 is 18.5 Å². The average molecular weight is 369 g/mol. The highest BCUT2D eigenvalue weighted by molar-refractivity contribution is 5.94. The Morgan fingerprint density at radius 2 is 1.96 bits per heavy atom. The second kappa shape index (κ2) is 7.40. The van der Waals surface area contributed by atoms with E-state index in [9.17, 15) is 9.59 Å². The highest BCUT2D eigenvalue weighted by atomic mass is 16.5. The summed E-state index contributed by atoms with van der Waals surface area (Å²) >= 11 is 0. The topological polar surface area (TPSA) is 112 Å². The molecule has 27 heavy (non-hydrogen) atoms. The lowest BCUT2D eigenvalue weighted by molar-refractivity contribution is -0.119. The number of nitrogens with zero attached hydrogens (tertiary/aromatic N) is 4. The molecular weight excluding hydrogens is 350 g/mol. The number of nitrogens with one attached hydrogen (secondary N) is 1. The Labute approximate surface area is 155 Å². The van der Waals surface area contributed by atoms with Gasteiger partial charge in [-0.2, -0.15) is 5.10 Å². The van der Waals surface area contributed by atoms with Crippen molar-refractivity contribution >= 4 is 17.8 Å². The van der Waals surface area contributed by atoms with Crippen molar-refractivity contribution in [3.8, 4) is 5.69 Å². The lowest BCUT2D eigenvalue weighted by Crippen LogP contribution is -2.20. The monoisotopic (exact) mass is 369 g/mol. The number of hydrogen-bond acceptors (Lipinski definition) is 7. The zero-order chi connectivity index (χ0) is 19.4. The van der Waals surface area contributed by atoms with Gasteiger partial charge in [0.2, 0.25) is 5.88 Å². The largest absolute Gasteiger partial charge is 0.452 e. The van der Waals surface area contributed by atoms with Crippen molar-refractivity contribution in [1.82, 2.24) is 19.9 Å². The Bertz CT molecular complexity index is 924. The summed E-state index contributed by atoms with van der Waals surface area (Å²) < 4.78 is 11.6. The number of carbonyl (C=O) groups excluding carboxylic acids is 2. The Balaban J connectivity index is 1.52. The van der Waals surface area contributed by atoms with Crippen LogP contribution in [0.5, 0.6) is 0 Å². The number of benzene rings is 1. The molecule has 2 aromatic heterocycles. The van der Waals surface area contributed by atoms with Crippen LogP contribution in [0.15, 0.2) is 47.5 Å². The third-order valence-electron chi connectivity index (χ3n) is 3.66. The molecule has 0 saturated heterocycles. The molecule has 140 valence electrons. The Morgan fingerprint density at radius 1 is 1.22 bits per heavy atom. The summed E-state index contributed by atoms with van der Waals surface area (Å²) in [4.78, 5) is 27.8. The molecule has 0 atom stereocenters. The maximum Gasteiger partial charge on any atom is 0.338 e. The van der Waals surface area contributed by atoms with Crippen molar-refractivity contribution < 1.29 is 18.8 Å². The quantitative estimate of drug-likeness (QED) is 0.687. The molecule has 9 nitrogen and oxygen atoms in total. The maximum atomic E-state index is 12.1. The van der Waals surface area contributed by atoms with Gasteiger partial charge in [-0.05, 0) is 24.3 Å². The fourth-order valence-corrected chi connectivity index (χ4v) is 2.17. The molecule has 3 aromatic rings. The molecule has 0 spiro atoms. The molecule has 1 amide bonds. The predicted octanol–water partition coefficient (Wildman–Crippen LogP) is 2.35. The van der Waals surface area contributed by atoms with Gasteiger partial charge >= 0.3 is 5.97 Å². The first kappa shape index (κ1) is 18.3. The second-order valence-electron chi connectivity index (χ2n) is 6.84. The van der Waals surface area contributed by atoms with Crippen LogP contribution in [0.1, 0.15) is 36.8 Å². The SMILES string of the molecule is CC(C)(C)c1cc(NC(=O)COC(=O)c2ccc(-n3cncn3)cc2)on1. The minimum Gasteiger partial charge on any atom is -0.452 e. The van der Waals surface area contributed by atoms with Crippen LogP contribution in [0.25, 0.3) is 5.69 Å². The van der Waals surface area contributed by atoms with Gasteiger partial charge in [-0.3, -0.25) is 10.1 Å². The number of ether oxygens (including phenoxy) is 1. The summed E-state index contributed by atoms with van der Waals surface area (Å²) in [5.74, 6) is -0.916. The Hall–Kier alpha value is -3.49. The molecule has 0 aliphatic heterocycles. The lowest BCUT2D eigenvalue weighted by Gasteiger charge is -2.12. The van der Waals surface area contributed by atoms with Gasteiger partial charge in [-0.25, -0.2) is 14.5 Å². The third kappa shape index (κ3) is 4.57. The molecule has 0 aliphatic carbocycles. The van der Waals surface area contributed by atoms with E-state index in [1.54, 1.807) is 41.3 Å². The van der Waals surface area contributed by atoms with Crippen molar-refractivity contribution in [1.29, 1.82) is 0 Å². The van der Waals surface area contributed by atoms with Crippen LogP contribution in [0.3, 0.4) is 0 Å². The zero-order valence-electron chi connectivity index (χ0n) is 15.2. The Morgan fingerprint density at radius 3 is 2.56 bits per heavy atom. The second-order valence-corrected chi connectivity index (χ2v) is 6.84. The van der Waals surface area contributed by atoms with Gasteiger partial charge in [0.1, 0.15) is 12.7 Å². The first-order valence-electron chi connectivity index (χ1n) is 8.22. The molecule has 1 N–H and O–H groups in total. The van der Waals surface area contributed by atoms with E-state index in [-0.39, 0.29) is 11.3 Å². The van der Waals surface area contributed by atoms with Crippen molar-refractivity contribution in [2.75, 3.05) is 11.9 Å². The van der Waals surface area contributed by atoms with E-state index >= 15 is 0 Å². The van der Waals surface area contributed by atoms with E-state index in [2.05, 4.69) is 20.6 Å². The van der Waals surface area contributed by atoms with E-state index in [4.69, 9.17) is 9.26 Å². The molecule has 3 rings (SSSR count). The van der Waals surface area contributed by atoms with Crippen LogP contribution in [-0.4, -0.2) is 38.4 Å². The van der Waals surface area contributed by atoms with Crippen LogP contribution >= 0.6 is 0 Å². The average Bonchev–Trinajstić information content (AvgIpc) is 3.31. The molecule has 0 saturated carbocycles. The van der Waals surface area contributed by atoms with Crippen molar-refractivity contribution in [2.45, 2.75) is 26.2 Å². The molecule has 0 unspecified atom stereocenters. The van der Waals surface area contributed by atoms with Crippen molar-refractivity contribution in [2.24, 2.45) is 0 Å². The normalized spacial score (nSPS) is 11.2. The van der Waals surface area contributed by atoms with Crippen LogP contribution in [-0.2, 0) is 14.9 Å². The van der Waals surface area contributed by atoms with E-state index in [1.807, 2.05) is 20.8 Å². The highest BCUT2D eigenvalue weighted by Crippen LogP contribution is 2.23. The van der Waals surface area contributed by atoms with Gasteiger partial charge in [0.15, 0.2) is 6.61 Å². The fraction of sp³-hybridized carbons (Fsp3) is 0.278. The van der Waals surface area contributed by atoms with Gasteiger partial charge in [0.25, 0.3) is 5.91 Å². The number of hydrogen-bond donors (Lipinski definition) is 1. The number of amides is 1. The summed E-state index contributed by atoms with van der Waals surface area (Å²) in [5.41, 5.74) is 1.59. The molecule has 0 radical (unpaired) electrons. The number of carbonyl (C=O) groups is 2. The maximum absolute atomic E-state index is 12.1. The number of rotatable bonds is 5. The van der Waals surface area contributed by atoms with Crippen LogP contribution in [0.2, 0.25) is 0 Å². The van der Waals surface area contributed by atoms with Gasteiger partial charge < -0.3 is 9.26 Å². The summed E-state index contributed by atoms with van der Waals surface area (Å²) in [7, 11) is 0. The minimum atomic E-state index is -0.608. The lowest BCUT2D eigenvalue weighted by atomic mass is 9.92. The molecular formula is C18H19N5O4. The van der Waals surface area contributed by atoms with Crippen LogP contribution in [0, 0.1) is 0 Å². The number of anilines is 1. The summed E-state index contributed by atoms with van der Waals surface area (Å²) in [6.45, 7) is 5.50. The Kier molecular flexibility index (Phi) is 5.02. The van der Waals surface area contributed by atoms with E-state index in [1.165, 1.54) is 6.33 Å². The smallest absolute Gasteiger partial charge is 0.338 e.